The fourth-order valence-electron chi connectivity index (χ4n) is 2.73. The molecular weight excluding hydrogens is 520 g/mol. The van der Waals surface area contributed by atoms with Gasteiger partial charge in [-0.2, -0.15) is 8.62 Å². The third-order valence-electron chi connectivity index (χ3n) is 4.05. The van der Waals surface area contributed by atoms with Gasteiger partial charge in [0.2, 0.25) is 0 Å². The largest absolute Gasteiger partial charge is 0.490 e. The van der Waals surface area contributed by atoms with Crippen LogP contribution in [0.25, 0.3) is 10.4 Å². The van der Waals surface area contributed by atoms with Crippen LogP contribution in [0.5, 0.6) is 0 Å². The Morgan fingerprint density at radius 1 is 1.33 bits per heavy atom. The molecule has 18 nitrogen and oxygen atoms in total. The first-order chi connectivity index (χ1) is 15.0. The van der Waals surface area contributed by atoms with Crippen molar-refractivity contribution in [2.45, 2.75) is 24.0 Å². The Balaban J connectivity index is 2.25. The van der Waals surface area contributed by atoms with Gasteiger partial charge in [0.15, 0.2) is 0 Å². The predicted molar refractivity (Wildman–Crippen MR) is 104 cm³/mol. The number of rotatable bonds is 10. The number of aliphatic imine (C=N–C) groups is 1. The fraction of sp³-hybridized carbons (Fsp3) is 0.545. The summed E-state index contributed by atoms with van der Waals surface area (Å²) in [6.07, 6.45) is -0.936. The van der Waals surface area contributed by atoms with Crippen LogP contribution < -0.4 is 5.73 Å². The van der Waals surface area contributed by atoms with Crippen molar-refractivity contribution in [2.75, 3.05) is 13.3 Å². The fourth-order valence-corrected chi connectivity index (χ4v) is 5.81. The highest BCUT2D eigenvalue weighted by molar-refractivity contribution is 7.66. The molecule has 2 rings (SSSR count). The monoisotopic (exact) mass is 538 g/mol. The smallest absolute Gasteiger partial charge is 0.389 e. The lowest BCUT2D eigenvalue weighted by molar-refractivity contribution is -0.140. The molecule has 2 unspecified atom stereocenters. The van der Waals surface area contributed by atoms with Crippen LogP contribution in [0.1, 0.15) is 0 Å². The summed E-state index contributed by atoms with van der Waals surface area (Å²) in [5.41, 5.74) is 11.8. The van der Waals surface area contributed by atoms with E-state index in [2.05, 4.69) is 34.7 Å². The van der Waals surface area contributed by atoms with Crippen LogP contribution in [0.15, 0.2) is 34.8 Å². The summed E-state index contributed by atoms with van der Waals surface area (Å²) in [5, 5.41) is 13.9. The average molecular weight is 538 g/mol. The van der Waals surface area contributed by atoms with Gasteiger partial charge in [-0.25, -0.2) is 23.1 Å². The molecule has 0 amide bonds. The molecule has 186 valence electrons. The second-order valence-corrected chi connectivity index (χ2v) is 10.8. The van der Waals surface area contributed by atoms with E-state index in [9.17, 15) is 33.0 Å². The zero-order chi connectivity index (χ0) is 25.2. The first-order valence-corrected chi connectivity index (χ1v) is 12.8. The zero-order valence-electron chi connectivity index (χ0n) is 16.1. The third-order valence-corrected chi connectivity index (χ3v) is 7.83. The highest BCUT2D eigenvalue weighted by Crippen LogP contribution is 2.66. The van der Waals surface area contributed by atoms with E-state index in [0.29, 0.717) is 0 Å². The van der Waals surface area contributed by atoms with Crippen molar-refractivity contribution in [3.8, 4) is 0 Å². The topological polar surface area (TPSA) is 280 Å². The summed E-state index contributed by atoms with van der Waals surface area (Å²) in [6.45, 7) is 0.644. The number of phosphoric ester groups is 1. The Hall–Kier alpha value is -1.68. The molecule has 0 aromatic carbocycles. The van der Waals surface area contributed by atoms with E-state index in [0.717, 1.165) is 4.90 Å². The minimum atomic E-state index is -5.83. The van der Waals surface area contributed by atoms with Crippen molar-refractivity contribution >= 4 is 29.3 Å². The number of phosphoric acid groups is 3. The molecule has 2 aliphatic heterocycles. The van der Waals surface area contributed by atoms with Crippen LogP contribution in [0.2, 0.25) is 0 Å². The molecule has 1 fully saturated rings. The van der Waals surface area contributed by atoms with Crippen LogP contribution in [-0.4, -0.2) is 72.7 Å². The number of ether oxygens (including phenoxy) is 1. The molecule has 22 heteroatoms. The quantitative estimate of drug-likeness (QED) is 0.0931. The average Bonchev–Trinajstić information content (AvgIpc) is 2.90. The Bertz CT molecular complexity index is 1040. The van der Waals surface area contributed by atoms with Crippen molar-refractivity contribution in [1.29, 1.82) is 0 Å². The lowest BCUT2D eigenvalue weighted by Gasteiger charge is -2.32. The number of aliphatic hydroxyl groups excluding tert-OH is 1. The second-order valence-electron chi connectivity index (χ2n) is 6.39. The van der Waals surface area contributed by atoms with E-state index in [1.54, 1.807) is 0 Å². The molecule has 0 spiro atoms. The van der Waals surface area contributed by atoms with Crippen molar-refractivity contribution in [3.05, 3.63) is 35.1 Å². The Morgan fingerprint density at radius 2 is 1.97 bits per heavy atom. The minimum Gasteiger partial charge on any atom is -0.389 e. The highest BCUT2D eigenvalue weighted by atomic mass is 31.3. The van der Waals surface area contributed by atoms with E-state index in [-0.39, 0.29) is 11.7 Å². The van der Waals surface area contributed by atoms with Crippen LogP contribution in [0, 0.1) is 0 Å². The Labute approximate surface area is 183 Å². The summed E-state index contributed by atoms with van der Waals surface area (Å²) >= 11 is 0. The van der Waals surface area contributed by atoms with Gasteiger partial charge in [-0.1, -0.05) is 11.7 Å². The number of aliphatic hydroxyl groups is 1. The molecule has 0 aromatic rings. The van der Waals surface area contributed by atoms with Gasteiger partial charge in [-0.15, -0.1) is 0 Å². The van der Waals surface area contributed by atoms with Gasteiger partial charge in [-0.3, -0.25) is 4.52 Å². The summed E-state index contributed by atoms with van der Waals surface area (Å²) in [5.74, 6) is -0.0209. The molecule has 0 bridgehead atoms. The Kier molecular flexibility index (Phi) is 8.27. The number of hydrogen-bond acceptors (Lipinski definition) is 12. The van der Waals surface area contributed by atoms with Gasteiger partial charge >= 0.3 is 23.5 Å². The van der Waals surface area contributed by atoms with Crippen molar-refractivity contribution in [2.24, 2.45) is 15.8 Å². The molecule has 0 radical (unpaired) electrons. The van der Waals surface area contributed by atoms with Gasteiger partial charge in [0.05, 0.1) is 6.61 Å². The first kappa shape index (κ1) is 27.6. The first-order valence-electron chi connectivity index (χ1n) is 8.29. The van der Waals surface area contributed by atoms with Crippen LogP contribution in [-0.2, 0) is 31.6 Å². The predicted octanol–water partition coefficient (Wildman–Crippen LogP) is 0.0918. The van der Waals surface area contributed by atoms with Crippen molar-refractivity contribution in [3.63, 3.8) is 0 Å². The lowest BCUT2D eigenvalue weighted by atomic mass is 9.96. The maximum Gasteiger partial charge on any atom is 0.490 e. The van der Waals surface area contributed by atoms with E-state index in [1.807, 2.05) is 0 Å². The van der Waals surface area contributed by atoms with Crippen molar-refractivity contribution in [1.82, 2.24) is 4.90 Å². The molecule has 2 heterocycles. The molecule has 2 aliphatic rings. The number of azide groups is 1. The molecule has 0 aromatic heterocycles. The van der Waals surface area contributed by atoms with Crippen molar-refractivity contribution < 1.29 is 60.6 Å². The number of hydrogen-bond donors (Lipinski definition) is 6. The Morgan fingerprint density at radius 3 is 2.48 bits per heavy atom. The molecule has 33 heavy (non-hydrogen) atoms. The molecule has 0 saturated carbocycles. The second kappa shape index (κ2) is 9.90. The summed E-state index contributed by atoms with van der Waals surface area (Å²) in [4.78, 5) is 43.3. The van der Waals surface area contributed by atoms with Gasteiger partial charge in [0.1, 0.15) is 42.3 Å². The zero-order valence-corrected chi connectivity index (χ0v) is 18.8. The number of nitrogens with two attached hydrogens (primary N) is 1. The van der Waals surface area contributed by atoms with E-state index < -0.39 is 60.7 Å². The lowest BCUT2D eigenvalue weighted by Crippen LogP contribution is -2.48. The number of halogens is 1. The van der Waals surface area contributed by atoms with Gasteiger partial charge in [0, 0.05) is 11.1 Å². The highest BCUT2D eigenvalue weighted by Gasteiger charge is 2.58. The summed E-state index contributed by atoms with van der Waals surface area (Å²) in [7, 11) is -17.1. The number of alkyl halides is 1. The van der Waals surface area contributed by atoms with Gasteiger partial charge in [0.25, 0.3) is 0 Å². The number of amidine groups is 1. The van der Waals surface area contributed by atoms with E-state index >= 15 is 0 Å². The normalized spacial score (nSPS) is 31.5. The SMILES string of the molecule is C=C1N=C(N)C=CN1[C@@H]1O[C@](CF)(COP(=O)(O)OP(=O)(O)OP(=O)(O)O)[C@@H](O)[C@@H]1N=[N+]=[N-]. The van der Waals surface area contributed by atoms with Gasteiger partial charge < -0.3 is 40.1 Å². The molecule has 7 N–H and O–H groups in total. The van der Waals surface area contributed by atoms with E-state index in [4.69, 9.17) is 25.8 Å². The van der Waals surface area contributed by atoms with Crippen LogP contribution in [0.4, 0.5) is 4.39 Å². The summed E-state index contributed by atoms with van der Waals surface area (Å²) < 4.78 is 65.0. The molecule has 1 saturated heterocycles. The maximum absolute atomic E-state index is 14.0. The third kappa shape index (κ3) is 6.91. The molecule has 0 aliphatic carbocycles. The minimum absolute atomic E-state index is 0.0412. The van der Waals surface area contributed by atoms with Crippen LogP contribution in [0.3, 0.4) is 0 Å². The molecular formula is C11H18FN6O12P3. The van der Waals surface area contributed by atoms with Gasteiger partial charge in [-0.05, 0) is 11.6 Å². The number of nitrogens with zero attached hydrogens (tertiary/aromatic N) is 5. The standard InChI is InChI=1S/C11H18FN6O12P3/c1-6-15-7(13)2-3-18(6)10-8(16-17-14)9(19)11(4-12,28-10)5-27-32(23,24)30-33(25,26)29-31(20,21)22/h2-3,8-10,19H,1,4-5H2,(H2,13,15)(H,23,24)(H,25,26)(H2,20,21,22)/t8-,9-,10+,11+/m0/s1. The van der Waals surface area contributed by atoms with E-state index in [1.165, 1.54) is 12.3 Å². The molecule has 6 atom stereocenters. The maximum atomic E-state index is 14.0. The summed E-state index contributed by atoms with van der Waals surface area (Å²) in [6, 6.07) is -1.55. The van der Waals surface area contributed by atoms with Crippen LogP contribution >= 0.6 is 23.5 Å².